The van der Waals surface area contributed by atoms with Gasteiger partial charge in [-0.3, -0.25) is 4.99 Å². The maximum absolute atomic E-state index is 6.56. The monoisotopic (exact) mass is 717 g/mol. The average molecular weight is 718 g/mol. The number of para-hydroxylation sites is 1. The summed E-state index contributed by atoms with van der Waals surface area (Å²) in [6, 6.07) is 67.9. The predicted octanol–water partition coefficient (Wildman–Crippen LogP) is 13.3. The molecular formula is C51H33N4O-. The molecule has 8 aromatic carbocycles. The van der Waals surface area contributed by atoms with Gasteiger partial charge in [0.25, 0.3) is 0 Å². The topological polar surface area (TPSA) is 56.9 Å². The van der Waals surface area contributed by atoms with E-state index in [4.69, 9.17) is 19.7 Å². The van der Waals surface area contributed by atoms with E-state index in [9.17, 15) is 0 Å². The first-order valence-corrected chi connectivity index (χ1v) is 18.9. The minimum Gasteiger partial charge on any atom is -0.456 e. The van der Waals surface area contributed by atoms with Crippen LogP contribution in [0.1, 0.15) is 22.9 Å². The second-order valence-electron chi connectivity index (χ2n) is 14.2. The molecule has 0 N–H and O–H groups in total. The zero-order valence-electron chi connectivity index (χ0n) is 30.2. The third kappa shape index (κ3) is 5.48. The lowest BCUT2D eigenvalue weighted by atomic mass is 10.0. The standard InChI is InChI=1S/C51H33N4O/c1-4-12-33(13-5-1)37-22-27-42-41-18-10-11-19-45(41)55(46(42)30-37)40-25-20-34(21-26-40)38-23-28-43-44-29-24-39(32-48(44)56-47(43)31-38)51-53-49(35-14-6-2-7-15-35)52-50(54-51)36-16-8-3-9-17-36/h1-32,49H/q-1. The Morgan fingerprint density at radius 3 is 1.70 bits per heavy atom. The zero-order valence-corrected chi connectivity index (χ0v) is 30.2. The van der Waals surface area contributed by atoms with E-state index in [1.54, 1.807) is 0 Å². The Balaban J connectivity index is 0.939. The van der Waals surface area contributed by atoms with Gasteiger partial charge < -0.3 is 19.3 Å². The van der Waals surface area contributed by atoms with Gasteiger partial charge in [-0.2, -0.15) is 0 Å². The van der Waals surface area contributed by atoms with Crippen molar-refractivity contribution < 1.29 is 4.42 Å². The summed E-state index contributed by atoms with van der Waals surface area (Å²) >= 11 is 0. The number of aliphatic imine (C=N–C) groups is 2. The van der Waals surface area contributed by atoms with Gasteiger partial charge in [0.05, 0.1) is 23.0 Å². The Kier molecular flexibility index (Phi) is 7.49. The normalized spacial score (nSPS) is 14.2. The van der Waals surface area contributed by atoms with Gasteiger partial charge in [0.2, 0.25) is 0 Å². The molecule has 0 fully saturated rings. The maximum Gasteiger partial charge on any atom is 0.136 e. The molecule has 5 heteroatoms. The number of hydrogen-bond donors (Lipinski definition) is 0. The molecule has 10 aromatic rings. The fraction of sp³-hybridized carbons (Fsp3) is 0.0196. The number of fused-ring (bicyclic) bond motifs is 6. The van der Waals surface area contributed by atoms with E-state index in [-0.39, 0.29) is 6.17 Å². The molecule has 1 aliphatic rings. The SMILES string of the molecule is c1ccc(C2=NC(c3ccccc3)[N-]C(c3ccc4c(c3)oc3cc(-c5ccc(-n6c7ccccc7c7ccc(-c8ccccc8)cc76)cc5)ccc34)=N2)cc1. The summed E-state index contributed by atoms with van der Waals surface area (Å²) in [6.07, 6.45) is -0.388. The van der Waals surface area contributed by atoms with Gasteiger partial charge in [-0.1, -0.05) is 151 Å². The van der Waals surface area contributed by atoms with Crippen LogP contribution in [0.3, 0.4) is 0 Å². The molecule has 1 aliphatic heterocycles. The van der Waals surface area contributed by atoms with Crippen LogP contribution in [0.2, 0.25) is 0 Å². The van der Waals surface area contributed by atoms with Crippen molar-refractivity contribution >= 4 is 55.4 Å². The lowest BCUT2D eigenvalue weighted by Crippen LogP contribution is -2.15. The molecule has 1 atom stereocenters. The highest BCUT2D eigenvalue weighted by atomic mass is 16.3. The van der Waals surface area contributed by atoms with Crippen LogP contribution in [0.25, 0.3) is 77.0 Å². The van der Waals surface area contributed by atoms with Gasteiger partial charge >= 0.3 is 0 Å². The number of hydrogen-bond acceptors (Lipinski definition) is 3. The van der Waals surface area contributed by atoms with E-state index in [0.717, 1.165) is 55.4 Å². The first kappa shape index (κ1) is 32.0. The van der Waals surface area contributed by atoms with E-state index in [1.165, 1.54) is 32.9 Å². The third-order valence-corrected chi connectivity index (χ3v) is 10.8. The molecule has 264 valence electrons. The van der Waals surface area contributed by atoms with Crippen LogP contribution in [0.5, 0.6) is 0 Å². The van der Waals surface area contributed by atoms with Crippen molar-refractivity contribution in [3.05, 3.63) is 216 Å². The Morgan fingerprint density at radius 2 is 0.964 bits per heavy atom. The first-order valence-electron chi connectivity index (χ1n) is 18.9. The second-order valence-corrected chi connectivity index (χ2v) is 14.2. The van der Waals surface area contributed by atoms with E-state index in [1.807, 2.05) is 48.5 Å². The van der Waals surface area contributed by atoms with Crippen LogP contribution in [-0.2, 0) is 0 Å². The van der Waals surface area contributed by atoms with Crippen LogP contribution in [0.4, 0.5) is 0 Å². The maximum atomic E-state index is 6.56. The summed E-state index contributed by atoms with van der Waals surface area (Å²) in [4.78, 5) is 9.88. The summed E-state index contributed by atoms with van der Waals surface area (Å²) < 4.78 is 8.94. The first-order chi connectivity index (χ1) is 27.7. The van der Waals surface area contributed by atoms with Crippen LogP contribution in [-0.4, -0.2) is 16.2 Å². The van der Waals surface area contributed by atoms with Crippen LogP contribution in [0.15, 0.2) is 209 Å². The highest BCUT2D eigenvalue weighted by Gasteiger charge is 2.17. The fourth-order valence-electron chi connectivity index (χ4n) is 8.02. The third-order valence-electron chi connectivity index (χ3n) is 10.8. The van der Waals surface area contributed by atoms with E-state index in [0.29, 0.717) is 11.7 Å². The Bertz CT molecular complexity index is 3140. The Hall–Kier alpha value is -7.50. The molecule has 0 spiro atoms. The molecule has 5 nitrogen and oxygen atoms in total. The van der Waals surface area contributed by atoms with Gasteiger partial charge in [-0.05, 0) is 87.5 Å². The lowest BCUT2D eigenvalue weighted by Gasteiger charge is -2.32. The highest BCUT2D eigenvalue weighted by molar-refractivity contribution is 6.20. The van der Waals surface area contributed by atoms with Gasteiger partial charge in [0.15, 0.2) is 0 Å². The number of nitrogens with zero attached hydrogens (tertiary/aromatic N) is 4. The van der Waals surface area contributed by atoms with Gasteiger partial charge in [-0.15, -0.1) is 0 Å². The molecule has 11 rings (SSSR count). The second kappa shape index (κ2) is 13.1. The van der Waals surface area contributed by atoms with E-state index >= 15 is 0 Å². The number of rotatable bonds is 6. The molecule has 0 radical (unpaired) electrons. The van der Waals surface area contributed by atoms with Crippen molar-refractivity contribution in [2.45, 2.75) is 6.17 Å². The molecule has 0 saturated carbocycles. The van der Waals surface area contributed by atoms with Crippen molar-refractivity contribution in [3.8, 4) is 27.9 Å². The molecule has 0 amide bonds. The molecule has 56 heavy (non-hydrogen) atoms. The average Bonchev–Trinajstić information content (AvgIpc) is 3.81. The molecule has 3 heterocycles. The number of amidine groups is 2. The Morgan fingerprint density at radius 1 is 0.429 bits per heavy atom. The number of benzene rings is 8. The van der Waals surface area contributed by atoms with Crippen LogP contribution >= 0.6 is 0 Å². The molecule has 2 aromatic heterocycles. The minimum absolute atomic E-state index is 0.388. The zero-order chi connectivity index (χ0) is 37.0. The van der Waals surface area contributed by atoms with Gasteiger partial charge in [0.1, 0.15) is 11.2 Å². The van der Waals surface area contributed by atoms with Crippen molar-refractivity contribution in [1.29, 1.82) is 0 Å². The van der Waals surface area contributed by atoms with Crippen LogP contribution in [0, 0.1) is 0 Å². The van der Waals surface area contributed by atoms with Crippen molar-refractivity contribution in [3.63, 3.8) is 0 Å². The van der Waals surface area contributed by atoms with Gasteiger partial charge in [-0.25, -0.2) is 0 Å². The van der Waals surface area contributed by atoms with Gasteiger partial charge in [0, 0.05) is 27.2 Å². The largest absolute Gasteiger partial charge is 0.456 e. The molecule has 0 bridgehead atoms. The fourth-order valence-corrected chi connectivity index (χ4v) is 8.02. The summed E-state index contributed by atoms with van der Waals surface area (Å²) in [7, 11) is 0. The molecular weight excluding hydrogens is 685 g/mol. The van der Waals surface area contributed by atoms with E-state index < -0.39 is 0 Å². The molecule has 0 saturated heterocycles. The summed E-state index contributed by atoms with van der Waals surface area (Å²) in [5.74, 6) is 1.30. The molecule has 1 unspecified atom stereocenters. The van der Waals surface area contributed by atoms with Crippen molar-refractivity contribution in [2.24, 2.45) is 9.98 Å². The highest BCUT2D eigenvalue weighted by Crippen LogP contribution is 2.38. The number of furan rings is 1. The lowest BCUT2D eigenvalue weighted by molar-refractivity contribution is 0.669. The smallest absolute Gasteiger partial charge is 0.136 e. The quantitative estimate of drug-likeness (QED) is 0.169. The predicted molar refractivity (Wildman–Crippen MR) is 231 cm³/mol. The van der Waals surface area contributed by atoms with Crippen LogP contribution < -0.4 is 0 Å². The minimum atomic E-state index is -0.388. The van der Waals surface area contributed by atoms with Crippen molar-refractivity contribution in [1.82, 2.24) is 4.57 Å². The Labute approximate surface area is 323 Å². The van der Waals surface area contributed by atoms with Crippen molar-refractivity contribution in [2.75, 3.05) is 0 Å². The summed E-state index contributed by atoms with van der Waals surface area (Å²) in [5, 5.41) is 9.62. The summed E-state index contributed by atoms with van der Waals surface area (Å²) in [5.41, 5.74) is 12.6. The number of aromatic nitrogens is 1. The van der Waals surface area contributed by atoms with E-state index in [2.05, 4.69) is 150 Å². The summed E-state index contributed by atoms with van der Waals surface area (Å²) in [6.45, 7) is 0. The molecule has 0 aliphatic carbocycles.